The molecule has 0 amide bonds. The van der Waals surface area contributed by atoms with Crippen LogP contribution in [0.5, 0.6) is 0 Å². The maximum atomic E-state index is 12.7. The molecule has 14 heavy (non-hydrogen) atoms. The minimum Gasteiger partial charge on any atom is -0.324 e. The van der Waals surface area contributed by atoms with Crippen LogP contribution in [0.4, 0.5) is 17.6 Å². The van der Waals surface area contributed by atoms with Crippen molar-refractivity contribution in [2.45, 2.75) is 18.9 Å². The molecule has 0 aliphatic heterocycles. The van der Waals surface area contributed by atoms with Crippen molar-refractivity contribution in [2.75, 3.05) is 0 Å². The quantitative estimate of drug-likeness (QED) is 0.757. The third-order valence-corrected chi connectivity index (χ3v) is 1.80. The van der Waals surface area contributed by atoms with Crippen LogP contribution in [0.1, 0.15) is 18.0 Å². The zero-order chi connectivity index (χ0) is 10.7. The molecule has 0 saturated carbocycles. The van der Waals surface area contributed by atoms with Crippen LogP contribution in [-0.2, 0) is 0 Å². The Bertz CT molecular complexity index is 314. The molecule has 0 heterocycles. The topological polar surface area (TPSA) is 26.0 Å². The molecule has 1 aromatic rings. The van der Waals surface area contributed by atoms with Crippen molar-refractivity contribution in [3.8, 4) is 0 Å². The van der Waals surface area contributed by atoms with Crippen molar-refractivity contribution < 1.29 is 17.6 Å². The Labute approximate surface area is 78.5 Å². The van der Waals surface area contributed by atoms with Gasteiger partial charge in [0.1, 0.15) is 0 Å². The second-order valence-corrected chi connectivity index (χ2v) is 2.91. The maximum absolute atomic E-state index is 12.7. The summed E-state index contributed by atoms with van der Waals surface area (Å²) in [7, 11) is 0. The van der Waals surface area contributed by atoms with E-state index >= 15 is 0 Å². The minimum atomic E-state index is -2.56. The van der Waals surface area contributed by atoms with Gasteiger partial charge in [0, 0.05) is 12.5 Å². The first-order chi connectivity index (χ1) is 6.50. The van der Waals surface area contributed by atoms with Crippen LogP contribution < -0.4 is 5.73 Å². The highest BCUT2D eigenvalue weighted by molar-refractivity contribution is 5.20. The second kappa shape index (κ2) is 4.41. The molecular weight excluding hydrogens is 198 g/mol. The van der Waals surface area contributed by atoms with E-state index in [4.69, 9.17) is 5.73 Å². The van der Waals surface area contributed by atoms with Crippen LogP contribution in [0.25, 0.3) is 0 Å². The van der Waals surface area contributed by atoms with Crippen molar-refractivity contribution in [1.82, 2.24) is 0 Å². The van der Waals surface area contributed by atoms with E-state index < -0.39 is 30.5 Å². The standard InChI is InChI=1S/C9H9F4N/c10-6-2-1-5(3-7(6)11)8(14)4-9(12)13/h1-3,8-9H,4,14H2/t8-/m0/s1. The van der Waals surface area contributed by atoms with Crippen LogP contribution in [0.3, 0.4) is 0 Å². The van der Waals surface area contributed by atoms with Gasteiger partial charge in [-0.3, -0.25) is 0 Å². The van der Waals surface area contributed by atoms with Gasteiger partial charge in [0.05, 0.1) is 0 Å². The zero-order valence-electron chi connectivity index (χ0n) is 7.18. The molecule has 0 aromatic heterocycles. The second-order valence-electron chi connectivity index (χ2n) is 2.91. The van der Waals surface area contributed by atoms with Gasteiger partial charge < -0.3 is 5.73 Å². The lowest BCUT2D eigenvalue weighted by atomic mass is 10.0. The molecule has 5 heteroatoms. The Hall–Kier alpha value is -1.10. The normalized spacial score (nSPS) is 13.3. The van der Waals surface area contributed by atoms with Gasteiger partial charge in [-0.05, 0) is 17.7 Å². The summed E-state index contributed by atoms with van der Waals surface area (Å²) < 4.78 is 48.9. The summed E-state index contributed by atoms with van der Waals surface area (Å²) in [6, 6.07) is 1.94. The summed E-state index contributed by atoms with van der Waals surface area (Å²) in [4.78, 5) is 0. The first-order valence-electron chi connectivity index (χ1n) is 3.99. The highest BCUT2D eigenvalue weighted by Gasteiger charge is 2.14. The number of benzene rings is 1. The molecule has 0 bridgehead atoms. The van der Waals surface area contributed by atoms with Crippen LogP contribution in [0.15, 0.2) is 18.2 Å². The van der Waals surface area contributed by atoms with Gasteiger partial charge in [-0.15, -0.1) is 0 Å². The maximum Gasteiger partial charge on any atom is 0.240 e. The molecule has 1 rings (SSSR count). The zero-order valence-corrected chi connectivity index (χ0v) is 7.18. The molecule has 1 nitrogen and oxygen atoms in total. The number of rotatable bonds is 3. The average molecular weight is 207 g/mol. The first-order valence-corrected chi connectivity index (χ1v) is 3.99. The van der Waals surface area contributed by atoms with Gasteiger partial charge in [-0.2, -0.15) is 0 Å². The predicted molar refractivity (Wildman–Crippen MR) is 43.9 cm³/mol. The van der Waals surface area contributed by atoms with Gasteiger partial charge in [0.15, 0.2) is 11.6 Å². The molecule has 0 unspecified atom stereocenters. The summed E-state index contributed by atoms with van der Waals surface area (Å²) in [5.74, 6) is -2.09. The summed E-state index contributed by atoms with van der Waals surface area (Å²) in [6.45, 7) is 0. The molecule has 0 spiro atoms. The van der Waals surface area contributed by atoms with Crippen LogP contribution >= 0.6 is 0 Å². The van der Waals surface area contributed by atoms with E-state index in [9.17, 15) is 17.6 Å². The fourth-order valence-corrected chi connectivity index (χ4v) is 1.07. The van der Waals surface area contributed by atoms with Gasteiger partial charge >= 0.3 is 0 Å². The smallest absolute Gasteiger partial charge is 0.240 e. The van der Waals surface area contributed by atoms with Crippen LogP contribution in [0.2, 0.25) is 0 Å². The fourth-order valence-electron chi connectivity index (χ4n) is 1.07. The summed E-state index contributed by atoms with van der Waals surface area (Å²) in [5, 5.41) is 0. The summed E-state index contributed by atoms with van der Waals surface area (Å²) in [5.41, 5.74) is 5.52. The van der Waals surface area contributed by atoms with Crippen molar-refractivity contribution in [3.05, 3.63) is 35.4 Å². The monoisotopic (exact) mass is 207 g/mol. The molecule has 78 valence electrons. The average Bonchev–Trinajstić information content (AvgIpc) is 2.08. The molecule has 1 atom stereocenters. The molecular formula is C9H9F4N. The highest BCUT2D eigenvalue weighted by Crippen LogP contribution is 2.19. The molecule has 0 fully saturated rings. The minimum absolute atomic E-state index is 0.171. The third kappa shape index (κ3) is 2.70. The first kappa shape index (κ1) is 11.0. The van der Waals surface area contributed by atoms with Crippen molar-refractivity contribution in [2.24, 2.45) is 5.73 Å². The Morgan fingerprint density at radius 2 is 1.79 bits per heavy atom. The summed E-state index contributed by atoms with van der Waals surface area (Å²) >= 11 is 0. The van der Waals surface area contributed by atoms with E-state index in [2.05, 4.69) is 0 Å². The lowest BCUT2D eigenvalue weighted by molar-refractivity contribution is 0.128. The van der Waals surface area contributed by atoms with Crippen LogP contribution in [0, 0.1) is 11.6 Å². The number of nitrogens with two attached hydrogens (primary N) is 1. The SMILES string of the molecule is N[C@@H](CC(F)F)c1ccc(F)c(F)c1. The van der Waals surface area contributed by atoms with E-state index in [-0.39, 0.29) is 5.56 Å². The molecule has 0 aliphatic carbocycles. The van der Waals surface area contributed by atoms with E-state index in [1.54, 1.807) is 0 Å². The number of hydrogen-bond donors (Lipinski definition) is 1. The lowest BCUT2D eigenvalue weighted by Gasteiger charge is -2.11. The fraction of sp³-hybridized carbons (Fsp3) is 0.333. The molecule has 2 N–H and O–H groups in total. The van der Waals surface area contributed by atoms with Gasteiger partial charge in [0.25, 0.3) is 0 Å². The van der Waals surface area contributed by atoms with Crippen molar-refractivity contribution in [1.29, 1.82) is 0 Å². The molecule has 0 radical (unpaired) electrons. The Morgan fingerprint density at radius 3 is 2.29 bits per heavy atom. The van der Waals surface area contributed by atoms with Gasteiger partial charge in [0.2, 0.25) is 6.43 Å². The highest BCUT2D eigenvalue weighted by atomic mass is 19.3. The Kier molecular flexibility index (Phi) is 3.46. The largest absolute Gasteiger partial charge is 0.324 e. The predicted octanol–water partition coefficient (Wildman–Crippen LogP) is 2.62. The molecule has 0 aliphatic rings. The number of alkyl halides is 2. The Balaban J connectivity index is 2.80. The van der Waals surface area contributed by atoms with Gasteiger partial charge in [-0.25, -0.2) is 17.6 Å². The lowest BCUT2D eigenvalue weighted by Crippen LogP contribution is -2.14. The van der Waals surface area contributed by atoms with E-state index in [0.717, 1.165) is 12.1 Å². The van der Waals surface area contributed by atoms with Gasteiger partial charge in [-0.1, -0.05) is 6.07 Å². The van der Waals surface area contributed by atoms with Crippen LogP contribution in [-0.4, -0.2) is 6.43 Å². The summed E-state index contributed by atoms with van der Waals surface area (Å²) in [6.07, 6.45) is -3.12. The third-order valence-electron chi connectivity index (χ3n) is 1.80. The van der Waals surface area contributed by atoms with E-state index in [1.807, 2.05) is 0 Å². The molecule has 0 saturated heterocycles. The van der Waals surface area contributed by atoms with E-state index in [1.165, 1.54) is 6.07 Å². The van der Waals surface area contributed by atoms with E-state index in [0.29, 0.717) is 0 Å². The van der Waals surface area contributed by atoms with Crippen molar-refractivity contribution in [3.63, 3.8) is 0 Å². The number of halogens is 4. The van der Waals surface area contributed by atoms with Crippen molar-refractivity contribution >= 4 is 0 Å². The number of hydrogen-bond acceptors (Lipinski definition) is 1. The molecule has 1 aromatic carbocycles. The Morgan fingerprint density at radius 1 is 1.14 bits per heavy atom.